The SMILES string of the molecule is COC1=C=C=C(C(=O)NC(C)C)C(c2c(C(=O)NC(C)C)ccc(OC)c2OCC(=O)Nc2cccc(C(F)(F)F)c2)=C1OCC(=O)Nc1cccc(C(F)(F)F)c1. The molecule has 0 saturated carbocycles. The highest BCUT2D eigenvalue weighted by atomic mass is 19.4. The lowest BCUT2D eigenvalue weighted by Gasteiger charge is -2.25. The number of halogens is 6. The molecule has 1 aliphatic carbocycles. The summed E-state index contributed by atoms with van der Waals surface area (Å²) in [5.41, 5.74) is 1.84. The quantitative estimate of drug-likeness (QED) is 0.0946. The van der Waals surface area contributed by atoms with Crippen LogP contribution in [0.25, 0.3) is 5.57 Å². The average Bonchev–Trinajstić information content (AvgIpc) is 3.14. The van der Waals surface area contributed by atoms with Gasteiger partial charge in [-0.1, -0.05) is 17.9 Å². The maximum absolute atomic E-state index is 13.9. The van der Waals surface area contributed by atoms with E-state index in [1.165, 1.54) is 38.5 Å². The molecule has 4 N–H and O–H groups in total. The van der Waals surface area contributed by atoms with E-state index in [4.69, 9.17) is 18.9 Å². The third-order valence-corrected chi connectivity index (χ3v) is 7.73. The largest absolute Gasteiger partial charge is 0.493 e. The second-order valence-electron chi connectivity index (χ2n) is 13.0. The van der Waals surface area contributed by atoms with E-state index in [9.17, 15) is 45.5 Å². The minimum absolute atomic E-state index is 0.0989. The molecule has 0 aliphatic heterocycles. The maximum atomic E-state index is 13.9. The number of carbonyl (C=O) groups is 4. The Morgan fingerprint density at radius 1 is 0.672 bits per heavy atom. The van der Waals surface area contributed by atoms with Gasteiger partial charge in [0.25, 0.3) is 23.6 Å². The molecule has 4 rings (SSSR count). The first-order valence-electron chi connectivity index (χ1n) is 17.3. The fourth-order valence-electron chi connectivity index (χ4n) is 5.35. The lowest BCUT2D eigenvalue weighted by Crippen LogP contribution is -2.33. The van der Waals surface area contributed by atoms with Gasteiger partial charge in [0.1, 0.15) is 5.57 Å². The summed E-state index contributed by atoms with van der Waals surface area (Å²) in [4.78, 5) is 54.0. The first-order valence-corrected chi connectivity index (χ1v) is 17.3. The number of benzene rings is 3. The molecule has 0 atom stereocenters. The van der Waals surface area contributed by atoms with Gasteiger partial charge in [0.05, 0.1) is 36.5 Å². The summed E-state index contributed by atoms with van der Waals surface area (Å²) in [5, 5.41) is 10.1. The summed E-state index contributed by atoms with van der Waals surface area (Å²) in [7, 11) is 2.43. The van der Waals surface area contributed by atoms with Crippen LogP contribution in [0.3, 0.4) is 0 Å². The van der Waals surface area contributed by atoms with E-state index in [1.807, 2.05) is 0 Å². The van der Waals surface area contributed by atoms with Crippen molar-refractivity contribution in [3.8, 4) is 11.5 Å². The van der Waals surface area contributed by atoms with Gasteiger partial charge >= 0.3 is 12.4 Å². The highest BCUT2D eigenvalue weighted by molar-refractivity contribution is 6.14. The van der Waals surface area contributed by atoms with Crippen molar-refractivity contribution in [2.45, 2.75) is 52.1 Å². The van der Waals surface area contributed by atoms with Crippen LogP contribution in [0, 0.1) is 0 Å². The van der Waals surface area contributed by atoms with Gasteiger partial charge in [0.15, 0.2) is 30.5 Å². The lowest BCUT2D eigenvalue weighted by atomic mass is 9.88. The number of carbonyl (C=O) groups excluding carboxylic acids is 4. The van der Waals surface area contributed by atoms with Crippen molar-refractivity contribution >= 4 is 40.6 Å². The van der Waals surface area contributed by atoms with Crippen LogP contribution in [0.2, 0.25) is 0 Å². The molecular weight excluding hydrogens is 778 g/mol. The van der Waals surface area contributed by atoms with Crippen LogP contribution >= 0.6 is 0 Å². The van der Waals surface area contributed by atoms with Gasteiger partial charge in [0.2, 0.25) is 5.76 Å². The molecule has 0 saturated heterocycles. The number of hydrogen-bond acceptors (Lipinski definition) is 8. The summed E-state index contributed by atoms with van der Waals surface area (Å²) in [5.74, 6) is -4.46. The van der Waals surface area contributed by atoms with Crippen molar-refractivity contribution in [1.82, 2.24) is 10.6 Å². The minimum Gasteiger partial charge on any atom is -0.493 e. The van der Waals surface area contributed by atoms with Crippen LogP contribution in [0.15, 0.2) is 89.2 Å². The van der Waals surface area contributed by atoms with E-state index < -0.39 is 72.4 Å². The summed E-state index contributed by atoms with van der Waals surface area (Å²) < 4.78 is 103. The zero-order valence-corrected chi connectivity index (χ0v) is 31.9. The van der Waals surface area contributed by atoms with Crippen molar-refractivity contribution in [1.29, 1.82) is 0 Å². The van der Waals surface area contributed by atoms with Crippen LogP contribution in [-0.4, -0.2) is 63.1 Å². The molecule has 3 aromatic rings. The fraction of sp³-hybridized carbons (Fsp3) is 0.300. The van der Waals surface area contributed by atoms with Crippen molar-refractivity contribution in [3.63, 3.8) is 0 Å². The average molecular weight is 817 g/mol. The zero-order chi connectivity index (χ0) is 42.9. The first-order chi connectivity index (χ1) is 27.2. The molecule has 12 nitrogen and oxygen atoms in total. The molecular formula is C40H38F6N4O8. The van der Waals surface area contributed by atoms with Crippen molar-refractivity contribution in [2.75, 3.05) is 38.1 Å². The molecule has 0 radical (unpaired) electrons. The van der Waals surface area contributed by atoms with Gasteiger partial charge in [-0.2, -0.15) is 26.3 Å². The Morgan fingerprint density at radius 2 is 1.19 bits per heavy atom. The number of rotatable bonds is 15. The van der Waals surface area contributed by atoms with E-state index in [-0.39, 0.29) is 56.7 Å². The second-order valence-corrected chi connectivity index (χ2v) is 13.0. The van der Waals surface area contributed by atoms with Crippen LogP contribution < -0.4 is 30.7 Å². The molecule has 308 valence electrons. The van der Waals surface area contributed by atoms with E-state index in [2.05, 4.69) is 32.7 Å². The Morgan fingerprint density at radius 3 is 1.67 bits per heavy atom. The van der Waals surface area contributed by atoms with Crippen molar-refractivity contribution in [2.24, 2.45) is 0 Å². The topological polar surface area (TPSA) is 153 Å². The number of hydrogen-bond donors (Lipinski definition) is 4. The van der Waals surface area contributed by atoms with Gasteiger partial charge in [0, 0.05) is 29.0 Å². The van der Waals surface area contributed by atoms with Gasteiger partial charge in [-0.05, 0) is 82.0 Å². The first kappa shape index (κ1) is 44.1. The predicted molar refractivity (Wildman–Crippen MR) is 198 cm³/mol. The monoisotopic (exact) mass is 816 g/mol. The van der Waals surface area contributed by atoms with Crippen LogP contribution in [0.5, 0.6) is 11.5 Å². The standard InChI is InChI=1S/C40H38F6N4O8/c1-21(2)47-37(53)27-13-15-29(55-5)35(57-19-31(51)49-25-11-7-9-23(17-25)39(41,42)43)33(27)34-28(38(54)48-22(3)4)14-16-30(56-6)36(34)58-20-32(52)50-26-12-8-10-24(18-26)40(44,45)46/h7-13,15,17-18,21-22H,19-20H2,1-6H3,(H,47,53)(H,48,54)(H,49,51)(H,50,52). The number of amides is 4. The van der Waals surface area contributed by atoms with Crippen LogP contribution in [-0.2, 0) is 36.2 Å². The maximum Gasteiger partial charge on any atom is 0.416 e. The predicted octanol–water partition coefficient (Wildman–Crippen LogP) is 7.00. The highest BCUT2D eigenvalue weighted by Crippen LogP contribution is 2.44. The molecule has 1 aliphatic rings. The normalized spacial score (nSPS) is 12.7. The summed E-state index contributed by atoms with van der Waals surface area (Å²) >= 11 is 0. The molecule has 58 heavy (non-hydrogen) atoms. The Kier molecular flexibility index (Phi) is 14.1. The van der Waals surface area contributed by atoms with Crippen LogP contribution in [0.1, 0.15) is 54.7 Å². The minimum atomic E-state index is -4.70. The molecule has 3 aromatic carbocycles. The fourth-order valence-corrected chi connectivity index (χ4v) is 5.35. The van der Waals surface area contributed by atoms with Gasteiger partial charge in [-0.3, -0.25) is 19.2 Å². The Balaban J connectivity index is 1.88. The molecule has 4 amide bonds. The molecule has 0 bridgehead atoms. The molecule has 0 spiro atoms. The third kappa shape index (κ3) is 11.2. The third-order valence-electron chi connectivity index (χ3n) is 7.73. The Bertz CT molecular complexity index is 2220. The smallest absolute Gasteiger partial charge is 0.416 e. The highest BCUT2D eigenvalue weighted by Gasteiger charge is 2.35. The lowest BCUT2D eigenvalue weighted by molar-refractivity contribution is -0.138. The summed E-state index contributed by atoms with van der Waals surface area (Å²) in [6.45, 7) is 4.89. The second kappa shape index (κ2) is 18.5. The molecule has 0 aromatic heterocycles. The number of methoxy groups -OCH3 is 2. The summed E-state index contributed by atoms with van der Waals surface area (Å²) in [6, 6.07) is 9.46. The van der Waals surface area contributed by atoms with Crippen molar-refractivity contribution in [3.05, 3.63) is 111 Å². The number of alkyl halides is 6. The number of nitrogens with one attached hydrogen (secondary N) is 4. The number of ether oxygens (including phenoxy) is 4. The van der Waals surface area contributed by atoms with Crippen molar-refractivity contribution < 1.29 is 64.5 Å². The van der Waals surface area contributed by atoms with E-state index in [0.717, 1.165) is 30.3 Å². The van der Waals surface area contributed by atoms with Gasteiger partial charge in [-0.25, -0.2) is 0 Å². The van der Waals surface area contributed by atoms with E-state index in [0.29, 0.717) is 6.07 Å². The molecule has 0 unspecified atom stereocenters. The Labute approximate surface area is 328 Å². The molecule has 18 heteroatoms. The molecule has 0 fully saturated rings. The molecule has 0 heterocycles. The van der Waals surface area contributed by atoms with Crippen LogP contribution in [0.4, 0.5) is 37.7 Å². The number of anilines is 2. The van der Waals surface area contributed by atoms with E-state index >= 15 is 0 Å². The van der Waals surface area contributed by atoms with Gasteiger partial charge < -0.3 is 40.2 Å². The van der Waals surface area contributed by atoms with E-state index in [1.54, 1.807) is 27.7 Å². The zero-order valence-electron chi connectivity index (χ0n) is 31.9. The Hall–Kier alpha value is -6.64. The summed E-state index contributed by atoms with van der Waals surface area (Å²) in [6.07, 6.45) is -9.39. The van der Waals surface area contributed by atoms with Gasteiger partial charge in [-0.15, -0.1) is 0 Å².